The van der Waals surface area contributed by atoms with E-state index < -0.39 is 10.0 Å². The summed E-state index contributed by atoms with van der Waals surface area (Å²) in [7, 11) is -3.58. The van der Waals surface area contributed by atoms with Crippen molar-refractivity contribution in [2.45, 2.75) is 32.7 Å². The van der Waals surface area contributed by atoms with Crippen LogP contribution in [0.25, 0.3) is 0 Å². The van der Waals surface area contributed by atoms with Crippen molar-refractivity contribution in [2.75, 3.05) is 25.1 Å². The number of anilines is 1. The molecule has 1 aliphatic heterocycles. The van der Waals surface area contributed by atoms with Gasteiger partial charge in [-0.15, -0.1) is 0 Å². The first-order chi connectivity index (χ1) is 16.2. The number of nitrogen functional groups attached to an aromatic ring is 1. The lowest BCUT2D eigenvalue weighted by Crippen LogP contribution is -2.31. The summed E-state index contributed by atoms with van der Waals surface area (Å²) in [5.74, 6) is 0.505. The number of piperidine rings is 1. The molecular formula is C24H30N6O3S. The van der Waals surface area contributed by atoms with E-state index in [0.29, 0.717) is 29.3 Å². The number of hydrogen-bond donors (Lipinski definition) is 3. The summed E-state index contributed by atoms with van der Waals surface area (Å²) >= 11 is 0. The van der Waals surface area contributed by atoms with Crippen molar-refractivity contribution in [2.24, 2.45) is 4.99 Å². The van der Waals surface area contributed by atoms with E-state index in [1.807, 2.05) is 36.1 Å². The molecule has 2 heterocycles. The predicted molar refractivity (Wildman–Crippen MR) is 134 cm³/mol. The van der Waals surface area contributed by atoms with Gasteiger partial charge in [-0.25, -0.2) is 18.1 Å². The fraction of sp³-hybridized carbons (Fsp3) is 0.333. The van der Waals surface area contributed by atoms with Crippen LogP contribution in [0.1, 0.15) is 30.4 Å². The lowest BCUT2D eigenvalue weighted by atomic mass is 10.0. The number of nitrogens with zero attached hydrogens (tertiary/aromatic N) is 4. The Bertz CT molecular complexity index is 1280. The summed E-state index contributed by atoms with van der Waals surface area (Å²) < 4.78 is 28.2. The molecule has 2 aliphatic rings. The van der Waals surface area contributed by atoms with E-state index in [-0.39, 0.29) is 11.6 Å². The highest BCUT2D eigenvalue weighted by atomic mass is 32.2. The SMILES string of the molecule is Cc1ccc(Cn2ncc(N=C3C=CC(=C(O)N4CCCCC4)C=C3NS(C)(=O)=O)c2N)cc1. The maximum atomic E-state index is 12.0. The van der Waals surface area contributed by atoms with Crippen molar-refractivity contribution < 1.29 is 13.5 Å². The van der Waals surface area contributed by atoms with Gasteiger partial charge in [0.2, 0.25) is 10.0 Å². The highest BCUT2D eigenvalue weighted by molar-refractivity contribution is 7.88. The summed E-state index contributed by atoms with van der Waals surface area (Å²) in [4.78, 5) is 6.48. The molecule has 0 spiro atoms. The van der Waals surface area contributed by atoms with Crippen molar-refractivity contribution >= 4 is 27.2 Å². The summed E-state index contributed by atoms with van der Waals surface area (Å²) in [5, 5.41) is 15.1. The molecule has 1 fully saturated rings. The molecule has 4 N–H and O–H groups in total. The fourth-order valence-electron chi connectivity index (χ4n) is 3.94. The van der Waals surface area contributed by atoms with Crippen LogP contribution in [-0.2, 0) is 16.6 Å². The topological polar surface area (TPSA) is 126 Å². The van der Waals surface area contributed by atoms with Crippen molar-refractivity contribution in [3.63, 3.8) is 0 Å². The number of rotatable bonds is 6. The van der Waals surface area contributed by atoms with Crippen molar-refractivity contribution in [3.05, 3.63) is 77.0 Å². The fourth-order valence-corrected chi connectivity index (χ4v) is 4.50. The second kappa shape index (κ2) is 9.76. The van der Waals surface area contributed by atoms with Gasteiger partial charge in [0.25, 0.3) is 0 Å². The molecule has 180 valence electrons. The van der Waals surface area contributed by atoms with E-state index in [4.69, 9.17) is 5.73 Å². The molecule has 0 bridgehead atoms. The molecular weight excluding hydrogens is 452 g/mol. The highest BCUT2D eigenvalue weighted by Crippen LogP contribution is 2.26. The molecule has 0 saturated carbocycles. The zero-order chi connectivity index (χ0) is 24.3. The minimum atomic E-state index is -3.58. The first-order valence-electron chi connectivity index (χ1n) is 11.2. The van der Waals surface area contributed by atoms with Crippen molar-refractivity contribution in [1.82, 2.24) is 19.4 Å². The second-order valence-corrected chi connectivity index (χ2v) is 10.4. The Morgan fingerprint density at radius 2 is 1.88 bits per heavy atom. The zero-order valence-corrected chi connectivity index (χ0v) is 20.2. The molecule has 4 rings (SSSR count). The Morgan fingerprint density at radius 3 is 2.56 bits per heavy atom. The predicted octanol–water partition coefficient (Wildman–Crippen LogP) is 3.15. The molecule has 0 unspecified atom stereocenters. The third kappa shape index (κ3) is 5.69. The van der Waals surface area contributed by atoms with E-state index in [2.05, 4.69) is 14.8 Å². The van der Waals surface area contributed by atoms with Crippen molar-refractivity contribution in [1.29, 1.82) is 0 Å². The molecule has 1 aromatic heterocycles. The van der Waals surface area contributed by atoms with E-state index in [1.165, 1.54) is 5.56 Å². The van der Waals surface area contributed by atoms with Crippen molar-refractivity contribution in [3.8, 4) is 0 Å². The Hall–Kier alpha value is -3.53. The highest BCUT2D eigenvalue weighted by Gasteiger charge is 2.20. The third-order valence-electron chi connectivity index (χ3n) is 5.76. The summed E-state index contributed by atoms with van der Waals surface area (Å²) in [6, 6.07) is 8.10. The van der Waals surface area contributed by atoms with Crippen LogP contribution >= 0.6 is 0 Å². The number of nitrogens with one attached hydrogen (secondary N) is 1. The van der Waals surface area contributed by atoms with Gasteiger partial charge in [0, 0.05) is 18.7 Å². The monoisotopic (exact) mass is 482 g/mol. The number of nitrogens with two attached hydrogens (primary N) is 1. The van der Waals surface area contributed by atoms with E-state index >= 15 is 0 Å². The number of aliphatic hydroxyl groups excluding tert-OH is 1. The number of aliphatic imine (C=N–C) groups is 1. The molecule has 10 heteroatoms. The van der Waals surface area contributed by atoms with E-state index in [1.54, 1.807) is 29.1 Å². The molecule has 1 aromatic carbocycles. The van der Waals surface area contributed by atoms with Crippen LogP contribution in [0.5, 0.6) is 0 Å². The van der Waals surface area contributed by atoms with Crippen LogP contribution in [0.2, 0.25) is 0 Å². The Kier molecular flexibility index (Phi) is 6.78. The van der Waals surface area contributed by atoms with E-state index in [0.717, 1.165) is 44.2 Å². The lowest BCUT2D eigenvalue weighted by Gasteiger charge is -2.29. The van der Waals surface area contributed by atoms with Crippen LogP contribution in [0, 0.1) is 6.92 Å². The van der Waals surface area contributed by atoms with Gasteiger partial charge in [0.1, 0.15) is 11.5 Å². The molecule has 0 radical (unpaired) electrons. The molecule has 1 aliphatic carbocycles. The number of aryl methyl sites for hydroxylation is 1. The number of hydrogen-bond acceptors (Lipinski definition) is 7. The maximum Gasteiger partial charge on any atom is 0.229 e. The minimum Gasteiger partial charge on any atom is -0.494 e. The average Bonchev–Trinajstić information content (AvgIpc) is 3.14. The van der Waals surface area contributed by atoms with E-state index in [9.17, 15) is 13.5 Å². The average molecular weight is 483 g/mol. The molecule has 2 aromatic rings. The number of aromatic nitrogens is 2. The maximum absolute atomic E-state index is 12.0. The van der Waals surface area contributed by atoms with Gasteiger partial charge < -0.3 is 15.7 Å². The van der Waals surface area contributed by atoms with Gasteiger partial charge in [-0.1, -0.05) is 29.8 Å². The smallest absolute Gasteiger partial charge is 0.229 e. The Balaban J connectivity index is 1.63. The van der Waals surface area contributed by atoms with Gasteiger partial charge in [0.05, 0.1) is 30.4 Å². The number of likely N-dealkylation sites (tertiary alicyclic amines) is 1. The van der Waals surface area contributed by atoms with Gasteiger partial charge in [-0.3, -0.25) is 4.72 Å². The second-order valence-electron chi connectivity index (χ2n) is 8.65. The Morgan fingerprint density at radius 1 is 1.18 bits per heavy atom. The number of benzene rings is 1. The summed E-state index contributed by atoms with van der Waals surface area (Å²) in [6.07, 6.45) is 10.8. The number of allylic oxidation sites excluding steroid dienone is 4. The zero-order valence-electron chi connectivity index (χ0n) is 19.4. The van der Waals surface area contributed by atoms with Gasteiger partial charge >= 0.3 is 0 Å². The third-order valence-corrected chi connectivity index (χ3v) is 6.35. The van der Waals surface area contributed by atoms with Crippen LogP contribution in [0.4, 0.5) is 11.5 Å². The van der Waals surface area contributed by atoms with Gasteiger partial charge in [0.15, 0.2) is 5.88 Å². The summed E-state index contributed by atoms with van der Waals surface area (Å²) in [6.45, 7) is 4.06. The summed E-state index contributed by atoms with van der Waals surface area (Å²) in [5.41, 5.74) is 10.1. The molecule has 0 atom stereocenters. The largest absolute Gasteiger partial charge is 0.494 e. The number of sulfonamides is 1. The van der Waals surface area contributed by atoms with Gasteiger partial charge in [-0.2, -0.15) is 5.10 Å². The first-order valence-corrected chi connectivity index (χ1v) is 13.1. The van der Waals surface area contributed by atoms with Crippen LogP contribution in [-0.4, -0.2) is 53.3 Å². The van der Waals surface area contributed by atoms with Crippen LogP contribution < -0.4 is 10.5 Å². The normalized spacial score (nSPS) is 19.3. The molecule has 1 saturated heterocycles. The number of aliphatic hydroxyl groups is 1. The Labute approximate surface area is 200 Å². The molecule has 34 heavy (non-hydrogen) atoms. The first kappa shape index (κ1) is 23.6. The molecule has 9 nitrogen and oxygen atoms in total. The van der Waals surface area contributed by atoms with Crippen LogP contribution in [0.15, 0.2) is 70.8 Å². The van der Waals surface area contributed by atoms with Gasteiger partial charge in [-0.05, 0) is 50.0 Å². The lowest BCUT2D eigenvalue weighted by molar-refractivity contribution is 0.173. The van der Waals surface area contributed by atoms with Crippen LogP contribution in [0.3, 0.4) is 0 Å². The quantitative estimate of drug-likeness (QED) is 0.543. The molecule has 0 amide bonds. The standard InChI is InChI=1S/C24H30N6O3S/c1-17-6-8-18(9-7-17)16-30-23(25)22(15-26-30)27-20-11-10-19(14-21(20)28-34(2,32)33)24(31)29-12-4-3-5-13-29/h6-11,14-15,28,31H,3-5,12-13,16,25H2,1-2H3. The minimum absolute atomic E-state index is 0.133.